The van der Waals surface area contributed by atoms with E-state index < -0.39 is 0 Å². The van der Waals surface area contributed by atoms with E-state index in [4.69, 9.17) is 0 Å². The summed E-state index contributed by atoms with van der Waals surface area (Å²) in [6.45, 7) is 3.63. The predicted octanol–water partition coefficient (Wildman–Crippen LogP) is 1.06. The third-order valence-corrected chi connectivity index (χ3v) is 3.80. The molecule has 0 unspecified atom stereocenters. The van der Waals surface area contributed by atoms with Crippen molar-refractivity contribution in [1.29, 1.82) is 0 Å². The fourth-order valence-electron chi connectivity index (χ4n) is 2.50. The summed E-state index contributed by atoms with van der Waals surface area (Å²) in [6, 6.07) is 7.11. The van der Waals surface area contributed by atoms with Gasteiger partial charge in [0.15, 0.2) is 0 Å². The lowest BCUT2D eigenvalue weighted by Gasteiger charge is -2.25. The van der Waals surface area contributed by atoms with Gasteiger partial charge in [-0.25, -0.2) is 0 Å². The van der Waals surface area contributed by atoms with Gasteiger partial charge in [0.25, 0.3) is 5.91 Å². The van der Waals surface area contributed by atoms with Crippen molar-refractivity contribution in [1.82, 2.24) is 15.5 Å². The number of amides is 3. The number of rotatable bonds is 6. The maximum absolute atomic E-state index is 11.9. The van der Waals surface area contributed by atoms with Crippen LogP contribution in [-0.2, 0) is 16.1 Å². The number of carbonyl (C=O) groups excluding carboxylic acids is 3. The first-order valence-corrected chi connectivity index (χ1v) is 8.01. The topological polar surface area (TPSA) is 78.5 Å². The molecule has 3 amide bonds. The van der Waals surface area contributed by atoms with Crippen molar-refractivity contribution in [2.45, 2.75) is 32.7 Å². The van der Waals surface area contributed by atoms with E-state index in [1.807, 2.05) is 19.1 Å². The first-order valence-electron chi connectivity index (χ1n) is 8.01. The first-order chi connectivity index (χ1) is 11.1. The Morgan fingerprint density at radius 3 is 2.52 bits per heavy atom. The zero-order valence-electron chi connectivity index (χ0n) is 13.4. The van der Waals surface area contributed by atoms with Gasteiger partial charge in [-0.15, -0.1) is 0 Å². The van der Waals surface area contributed by atoms with Crippen LogP contribution < -0.4 is 10.6 Å². The molecule has 0 aromatic heterocycles. The first kappa shape index (κ1) is 17.0. The van der Waals surface area contributed by atoms with Crippen LogP contribution in [0.25, 0.3) is 0 Å². The number of nitrogens with zero attached hydrogens (tertiary/aromatic N) is 1. The van der Waals surface area contributed by atoms with Crippen LogP contribution in [0.15, 0.2) is 24.3 Å². The molecule has 0 radical (unpaired) electrons. The molecule has 1 fully saturated rings. The van der Waals surface area contributed by atoms with Crippen molar-refractivity contribution in [2.75, 3.05) is 19.6 Å². The van der Waals surface area contributed by atoms with E-state index in [0.717, 1.165) is 18.4 Å². The molecule has 2 rings (SSSR count). The third-order valence-electron chi connectivity index (χ3n) is 3.80. The molecule has 6 heteroatoms. The summed E-state index contributed by atoms with van der Waals surface area (Å²) in [7, 11) is 0. The Morgan fingerprint density at radius 1 is 1.13 bits per heavy atom. The fraction of sp³-hybridized carbons (Fsp3) is 0.471. The molecular formula is C17H23N3O3. The molecule has 1 aromatic carbocycles. The van der Waals surface area contributed by atoms with Crippen LogP contribution in [0.3, 0.4) is 0 Å². The molecule has 1 aromatic rings. The summed E-state index contributed by atoms with van der Waals surface area (Å²) in [5.41, 5.74) is 1.51. The standard InChI is InChI=1S/C17H23N3O3/c1-2-18-17(23)14-8-6-13(7-9-14)11-19-15(21)12-20-10-4-3-5-16(20)22/h6-9H,2-5,10-12H2,1H3,(H,18,23)(H,19,21). The summed E-state index contributed by atoms with van der Waals surface area (Å²) >= 11 is 0. The summed E-state index contributed by atoms with van der Waals surface area (Å²) in [6.07, 6.45) is 2.41. The second kappa shape index (κ2) is 8.31. The average Bonchev–Trinajstić information content (AvgIpc) is 2.56. The molecule has 0 spiro atoms. The van der Waals surface area contributed by atoms with Crippen LogP contribution in [0.1, 0.15) is 42.1 Å². The normalized spacial score (nSPS) is 14.5. The Balaban J connectivity index is 1.79. The Morgan fingerprint density at radius 2 is 1.87 bits per heavy atom. The molecule has 1 aliphatic rings. The Kier molecular flexibility index (Phi) is 6.14. The lowest BCUT2D eigenvalue weighted by molar-refractivity contribution is -0.137. The van der Waals surface area contributed by atoms with E-state index in [9.17, 15) is 14.4 Å². The Bertz CT molecular complexity index is 569. The van der Waals surface area contributed by atoms with Crippen LogP contribution in [0, 0.1) is 0 Å². The van der Waals surface area contributed by atoms with Gasteiger partial charge in [-0.3, -0.25) is 14.4 Å². The van der Waals surface area contributed by atoms with E-state index >= 15 is 0 Å². The molecular weight excluding hydrogens is 294 g/mol. The highest BCUT2D eigenvalue weighted by atomic mass is 16.2. The minimum absolute atomic E-state index is 0.0534. The van der Waals surface area contributed by atoms with Crippen molar-refractivity contribution in [3.63, 3.8) is 0 Å². The number of hydrogen-bond donors (Lipinski definition) is 2. The van der Waals surface area contributed by atoms with Crippen molar-refractivity contribution in [3.05, 3.63) is 35.4 Å². The van der Waals surface area contributed by atoms with Crippen LogP contribution in [0.4, 0.5) is 0 Å². The molecule has 124 valence electrons. The highest BCUT2D eigenvalue weighted by Crippen LogP contribution is 2.10. The van der Waals surface area contributed by atoms with Gasteiger partial charge in [-0.1, -0.05) is 12.1 Å². The maximum Gasteiger partial charge on any atom is 0.251 e. The minimum Gasteiger partial charge on any atom is -0.352 e. The molecule has 0 aliphatic carbocycles. The predicted molar refractivity (Wildman–Crippen MR) is 86.7 cm³/mol. The molecule has 0 bridgehead atoms. The van der Waals surface area contributed by atoms with Crippen LogP contribution in [0.2, 0.25) is 0 Å². The smallest absolute Gasteiger partial charge is 0.251 e. The van der Waals surface area contributed by atoms with Gasteiger partial charge >= 0.3 is 0 Å². The van der Waals surface area contributed by atoms with Gasteiger partial charge < -0.3 is 15.5 Å². The monoisotopic (exact) mass is 317 g/mol. The van der Waals surface area contributed by atoms with E-state index in [-0.39, 0.29) is 24.3 Å². The van der Waals surface area contributed by atoms with Crippen LogP contribution >= 0.6 is 0 Å². The zero-order chi connectivity index (χ0) is 16.7. The fourth-order valence-corrected chi connectivity index (χ4v) is 2.50. The van der Waals surface area contributed by atoms with Crippen LogP contribution in [0.5, 0.6) is 0 Å². The van der Waals surface area contributed by atoms with Crippen molar-refractivity contribution < 1.29 is 14.4 Å². The molecule has 0 saturated carbocycles. The Labute approximate surface area is 136 Å². The Hall–Kier alpha value is -2.37. The zero-order valence-corrected chi connectivity index (χ0v) is 13.4. The van der Waals surface area contributed by atoms with Crippen molar-refractivity contribution >= 4 is 17.7 Å². The number of hydrogen-bond acceptors (Lipinski definition) is 3. The molecule has 1 saturated heterocycles. The van der Waals surface area contributed by atoms with E-state index in [1.54, 1.807) is 17.0 Å². The number of benzene rings is 1. The molecule has 23 heavy (non-hydrogen) atoms. The molecule has 0 atom stereocenters. The molecule has 1 aliphatic heterocycles. The third kappa shape index (κ3) is 5.09. The summed E-state index contributed by atoms with van der Waals surface area (Å²) < 4.78 is 0. The van der Waals surface area contributed by atoms with E-state index in [1.165, 1.54) is 0 Å². The summed E-state index contributed by atoms with van der Waals surface area (Å²) in [5.74, 6) is -0.211. The highest BCUT2D eigenvalue weighted by Gasteiger charge is 2.20. The molecule has 2 N–H and O–H groups in total. The van der Waals surface area contributed by atoms with Gasteiger partial charge in [0.2, 0.25) is 11.8 Å². The highest BCUT2D eigenvalue weighted by molar-refractivity contribution is 5.94. The second-order valence-electron chi connectivity index (χ2n) is 5.61. The minimum atomic E-state index is -0.159. The van der Waals surface area contributed by atoms with E-state index in [0.29, 0.717) is 31.6 Å². The second-order valence-corrected chi connectivity index (χ2v) is 5.61. The lowest BCUT2D eigenvalue weighted by atomic mass is 10.1. The van der Waals surface area contributed by atoms with Gasteiger partial charge in [-0.2, -0.15) is 0 Å². The molecule has 1 heterocycles. The lowest BCUT2D eigenvalue weighted by Crippen LogP contribution is -2.42. The number of piperidine rings is 1. The number of likely N-dealkylation sites (tertiary alicyclic amines) is 1. The van der Waals surface area contributed by atoms with Gasteiger partial charge in [0.05, 0.1) is 6.54 Å². The van der Waals surface area contributed by atoms with Crippen molar-refractivity contribution in [3.8, 4) is 0 Å². The van der Waals surface area contributed by atoms with E-state index in [2.05, 4.69) is 10.6 Å². The van der Waals surface area contributed by atoms with Gasteiger partial charge in [-0.05, 0) is 37.5 Å². The number of nitrogens with one attached hydrogen (secondary N) is 2. The quantitative estimate of drug-likeness (QED) is 0.823. The molecule has 6 nitrogen and oxygen atoms in total. The largest absolute Gasteiger partial charge is 0.352 e. The number of carbonyl (C=O) groups is 3. The summed E-state index contributed by atoms with van der Waals surface area (Å²) in [5, 5.41) is 5.54. The summed E-state index contributed by atoms with van der Waals surface area (Å²) in [4.78, 5) is 36.9. The van der Waals surface area contributed by atoms with Crippen LogP contribution in [-0.4, -0.2) is 42.3 Å². The van der Waals surface area contributed by atoms with Gasteiger partial charge in [0.1, 0.15) is 0 Å². The van der Waals surface area contributed by atoms with Crippen molar-refractivity contribution in [2.24, 2.45) is 0 Å². The average molecular weight is 317 g/mol. The SMILES string of the molecule is CCNC(=O)c1ccc(CNC(=O)CN2CCCCC2=O)cc1. The van der Waals surface area contributed by atoms with Gasteiger partial charge in [0, 0.05) is 31.6 Å². The maximum atomic E-state index is 11.9.